The molecule has 1 nitrogen and oxygen atoms in total. The fraction of sp³-hybridized carbons (Fsp3) is 0. The van der Waals surface area contributed by atoms with Gasteiger partial charge in [0.1, 0.15) is 5.17 Å². The highest BCUT2D eigenvalue weighted by Crippen LogP contribution is 2.34. The zero-order valence-corrected chi connectivity index (χ0v) is 6.60. The van der Waals surface area contributed by atoms with Gasteiger partial charge in [0.25, 0.3) is 0 Å². The highest BCUT2D eigenvalue weighted by molar-refractivity contribution is 6.77. The van der Waals surface area contributed by atoms with Crippen LogP contribution in [0.3, 0.4) is 0 Å². The Kier molecular flexibility index (Phi) is 1.33. The maximum Gasteiger partial charge on any atom is 0.137 e. The first-order chi connectivity index (χ1) is 5.29. The third-order valence-corrected chi connectivity index (χ3v) is 2.01. The van der Waals surface area contributed by atoms with E-state index in [0.29, 0.717) is 5.17 Å². The van der Waals surface area contributed by atoms with Crippen LogP contribution in [0, 0.1) is 0 Å². The number of rotatable bonds is 0. The monoisotopic (exact) mass is 163 g/mol. The molecule has 1 aromatic carbocycles. The number of para-hydroxylation sites is 1. The zero-order chi connectivity index (χ0) is 7.84. The Morgan fingerprint density at radius 1 is 1.27 bits per heavy atom. The molecule has 2 rings (SSSR count). The van der Waals surface area contributed by atoms with Crippen molar-refractivity contribution in [3.63, 3.8) is 0 Å². The molecule has 11 heavy (non-hydrogen) atoms. The van der Waals surface area contributed by atoms with Crippen molar-refractivity contribution >= 4 is 28.0 Å². The van der Waals surface area contributed by atoms with Crippen molar-refractivity contribution in [1.29, 1.82) is 0 Å². The number of aliphatic imine (C=N–C) groups is 1. The number of halogens is 1. The van der Waals surface area contributed by atoms with Gasteiger partial charge in [0.2, 0.25) is 0 Å². The summed E-state index contributed by atoms with van der Waals surface area (Å²) in [5, 5.41) is 0.506. The van der Waals surface area contributed by atoms with Crippen LogP contribution in [-0.2, 0) is 0 Å². The highest BCUT2D eigenvalue weighted by atomic mass is 35.5. The van der Waals surface area contributed by atoms with Crippen molar-refractivity contribution in [2.75, 3.05) is 0 Å². The van der Waals surface area contributed by atoms with Crippen molar-refractivity contribution < 1.29 is 0 Å². The van der Waals surface area contributed by atoms with E-state index in [1.165, 1.54) is 0 Å². The smallest absolute Gasteiger partial charge is 0.137 e. The van der Waals surface area contributed by atoms with E-state index in [-0.39, 0.29) is 0 Å². The molecule has 2 heteroatoms. The summed E-state index contributed by atoms with van der Waals surface area (Å²) in [6, 6.07) is 7.78. The average molecular weight is 164 g/mol. The summed E-state index contributed by atoms with van der Waals surface area (Å²) in [5.41, 5.74) is 2.78. The number of nitrogens with zero attached hydrogens (tertiary/aromatic N) is 1. The molecule has 0 unspecified atom stereocenters. The third-order valence-electron chi connectivity index (χ3n) is 1.70. The number of fused-ring (bicyclic) bond motifs is 1. The topological polar surface area (TPSA) is 12.4 Å². The van der Waals surface area contributed by atoms with Gasteiger partial charge in [-0.1, -0.05) is 36.4 Å². The molecular weight excluding hydrogens is 158 g/mol. The molecule has 0 saturated heterocycles. The molecule has 0 spiro atoms. The lowest BCUT2D eigenvalue weighted by atomic mass is 10.1. The second-order valence-corrected chi connectivity index (χ2v) is 2.76. The van der Waals surface area contributed by atoms with Crippen molar-refractivity contribution in [3.8, 4) is 0 Å². The van der Waals surface area contributed by atoms with Gasteiger partial charge < -0.3 is 0 Å². The molecule has 0 radical (unpaired) electrons. The highest BCUT2D eigenvalue weighted by Gasteiger charge is 2.15. The van der Waals surface area contributed by atoms with Crippen molar-refractivity contribution in [2.24, 2.45) is 4.99 Å². The van der Waals surface area contributed by atoms with Crippen molar-refractivity contribution in [3.05, 3.63) is 36.4 Å². The normalized spacial score (nSPS) is 14.6. The molecule has 0 N–H and O–H groups in total. The van der Waals surface area contributed by atoms with E-state index in [4.69, 9.17) is 11.6 Å². The standard InChI is InChI=1S/C9H6ClN/c1-6-7-4-2-3-5-8(7)11-9(6)10/h2-5H,1H2. The van der Waals surface area contributed by atoms with E-state index < -0.39 is 0 Å². The first-order valence-electron chi connectivity index (χ1n) is 3.32. The van der Waals surface area contributed by atoms with Crippen LogP contribution in [0.1, 0.15) is 5.56 Å². The predicted octanol–water partition coefficient (Wildman–Crippen LogP) is 2.98. The van der Waals surface area contributed by atoms with E-state index in [0.717, 1.165) is 16.8 Å². The SMILES string of the molecule is C=C1C(Cl)=Nc2ccccc21. The minimum atomic E-state index is 0.506. The van der Waals surface area contributed by atoms with E-state index in [1.54, 1.807) is 0 Å². The maximum absolute atomic E-state index is 5.78. The van der Waals surface area contributed by atoms with Gasteiger partial charge in [-0.25, -0.2) is 4.99 Å². The fourth-order valence-corrected chi connectivity index (χ4v) is 1.30. The number of benzene rings is 1. The van der Waals surface area contributed by atoms with Crippen molar-refractivity contribution in [1.82, 2.24) is 0 Å². The average Bonchev–Trinajstić information content (AvgIpc) is 2.30. The molecule has 0 amide bonds. The second kappa shape index (κ2) is 2.21. The van der Waals surface area contributed by atoms with E-state index in [2.05, 4.69) is 11.6 Å². The summed E-state index contributed by atoms with van der Waals surface area (Å²) in [5.74, 6) is 0. The second-order valence-electron chi connectivity index (χ2n) is 2.40. The minimum Gasteiger partial charge on any atom is -0.235 e. The van der Waals surface area contributed by atoms with Gasteiger partial charge in [0.15, 0.2) is 0 Å². The maximum atomic E-state index is 5.78. The van der Waals surface area contributed by atoms with Crippen LogP contribution in [0.2, 0.25) is 0 Å². The van der Waals surface area contributed by atoms with E-state index in [1.807, 2.05) is 24.3 Å². The summed E-state index contributed by atoms with van der Waals surface area (Å²) in [6.45, 7) is 3.81. The Bertz CT molecular complexity index is 352. The van der Waals surface area contributed by atoms with Gasteiger partial charge in [-0.2, -0.15) is 0 Å². The molecule has 1 aromatic rings. The van der Waals surface area contributed by atoms with Gasteiger partial charge in [0.05, 0.1) is 5.69 Å². The minimum absolute atomic E-state index is 0.506. The van der Waals surface area contributed by atoms with Gasteiger partial charge in [-0.3, -0.25) is 0 Å². The van der Waals surface area contributed by atoms with Crippen LogP contribution in [0.25, 0.3) is 5.57 Å². The molecule has 1 aliphatic heterocycles. The Morgan fingerprint density at radius 3 is 2.73 bits per heavy atom. The fourth-order valence-electron chi connectivity index (χ4n) is 1.11. The summed E-state index contributed by atoms with van der Waals surface area (Å²) in [6.07, 6.45) is 0. The first-order valence-corrected chi connectivity index (χ1v) is 3.70. The molecule has 0 fully saturated rings. The molecule has 0 aliphatic carbocycles. The number of allylic oxidation sites excluding steroid dienone is 1. The summed E-state index contributed by atoms with van der Waals surface area (Å²) >= 11 is 5.78. The summed E-state index contributed by atoms with van der Waals surface area (Å²) in [7, 11) is 0. The van der Waals surface area contributed by atoms with E-state index in [9.17, 15) is 0 Å². The third kappa shape index (κ3) is 0.889. The Labute approximate surface area is 70.0 Å². The zero-order valence-electron chi connectivity index (χ0n) is 5.84. The Morgan fingerprint density at radius 2 is 2.00 bits per heavy atom. The van der Waals surface area contributed by atoms with E-state index >= 15 is 0 Å². The van der Waals surface area contributed by atoms with Crippen molar-refractivity contribution in [2.45, 2.75) is 0 Å². The number of hydrogen-bond acceptors (Lipinski definition) is 1. The van der Waals surface area contributed by atoms with Crippen LogP contribution >= 0.6 is 11.6 Å². The predicted molar refractivity (Wildman–Crippen MR) is 48.4 cm³/mol. The summed E-state index contributed by atoms with van der Waals surface area (Å²) < 4.78 is 0. The molecular formula is C9H6ClN. The van der Waals surface area contributed by atoms with Gasteiger partial charge in [-0.05, 0) is 6.07 Å². The molecule has 0 aromatic heterocycles. The lowest BCUT2D eigenvalue weighted by Gasteiger charge is -1.94. The van der Waals surface area contributed by atoms with Crippen LogP contribution < -0.4 is 0 Å². The first kappa shape index (κ1) is 6.62. The molecule has 0 saturated carbocycles. The summed E-state index contributed by atoms with van der Waals surface area (Å²) in [4.78, 5) is 4.12. The molecule has 1 aliphatic rings. The molecule has 54 valence electrons. The Hall–Kier alpha value is -1.08. The largest absolute Gasteiger partial charge is 0.235 e. The molecule has 0 atom stereocenters. The van der Waals surface area contributed by atoms with Gasteiger partial charge in [0, 0.05) is 11.1 Å². The van der Waals surface area contributed by atoms with Crippen LogP contribution in [0.15, 0.2) is 35.8 Å². The molecule has 0 bridgehead atoms. The molecule has 1 heterocycles. The van der Waals surface area contributed by atoms with Crippen LogP contribution in [0.4, 0.5) is 5.69 Å². The van der Waals surface area contributed by atoms with Gasteiger partial charge in [-0.15, -0.1) is 0 Å². The van der Waals surface area contributed by atoms with Gasteiger partial charge >= 0.3 is 0 Å². The Balaban J connectivity index is 2.67. The lowest BCUT2D eigenvalue weighted by molar-refractivity contribution is 1.55. The number of hydrogen-bond donors (Lipinski definition) is 0. The van der Waals surface area contributed by atoms with Crippen LogP contribution in [0.5, 0.6) is 0 Å². The quantitative estimate of drug-likeness (QED) is 0.558. The lowest BCUT2D eigenvalue weighted by Crippen LogP contribution is -1.81. The van der Waals surface area contributed by atoms with Crippen LogP contribution in [-0.4, -0.2) is 5.17 Å².